The number of benzene rings is 1. The topological polar surface area (TPSA) is 146 Å². The van der Waals surface area contributed by atoms with Crippen molar-refractivity contribution in [3.05, 3.63) is 65.8 Å². The van der Waals surface area contributed by atoms with Gasteiger partial charge in [-0.25, -0.2) is 18.2 Å². The maximum atomic E-state index is 12.4. The van der Waals surface area contributed by atoms with Gasteiger partial charge < -0.3 is 20.3 Å². The van der Waals surface area contributed by atoms with Crippen LogP contribution in [-0.4, -0.2) is 102 Å². The predicted molar refractivity (Wildman–Crippen MR) is 170 cm³/mol. The fourth-order valence-corrected chi connectivity index (χ4v) is 6.78. The van der Waals surface area contributed by atoms with Crippen molar-refractivity contribution < 1.29 is 17.9 Å². The lowest BCUT2D eigenvalue weighted by molar-refractivity contribution is 0.122. The van der Waals surface area contributed by atoms with Crippen LogP contribution >= 0.6 is 11.3 Å². The molecule has 15 heteroatoms. The zero-order valence-electron chi connectivity index (χ0n) is 24.2. The van der Waals surface area contributed by atoms with Crippen LogP contribution < -0.4 is 15.5 Å². The molecular formula is C29H33N9O4S2. The number of thiophene rings is 1. The second kappa shape index (κ2) is 13.3. The van der Waals surface area contributed by atoms with Gasteiger partial charge in [-0.1, -0.05) is 0 Å². The largest absolute Gasteiger partial charge is 0.378 e. The van der Waals surface area contributed by atoms with Gasteiger partial charge in [0.15, 0.2) is 11.6 Å². The number of urea groups is 1. The number of morpholine rings is 1. The number of ether oxygens (including phenoxy) is 1. The van der Waals surface area contributed by atoms with E-state index in [9.17, 15) is 13.2 Å². The zero-order valence-corrected chi connectivity index (χ0v) is 25.9. The highest BCUT2D eigenvalue weighted by molar-refractivity contribution is 7.88. The molecule has 2 aliphatic heterocycles. The molecule has 0 aliphatic carbocycles. The van der Waals surface area contributed by atoms with Crippen LogP contribution in [0.5, 0.6) is 0 Å². The monoisotopic (exact) mass is 635 g/mol. The minimum absolute atomic E-state index is 0.367. The number of aromatic nitrogens is 4. The molecule has 5 heterocycles. The van der Waals surface area contributed by atoms with Gasteiger partial charge in [0.25, 0.3) is 0 Å². The molecule has 0 saturated carbocycles. The Balaban J connectivity index is 1.19. The number of nitrogens with zero attached hydrogens (tertiary/aromatic N) is 7. The van der Waals surface area contributed by atoms with Crippen molar-refractivity contribution in [2.45, 2.75) is 6.54 Å². The molecule has 2 saturated heterocycles. The summed E-state index contributed by atoms with van der Waals surface area (Å²) in [6.45, 7) is 5.70. The molecule has 6 rings (SSSR count). The van der Waals surface area contributed by atoms with Gasteiger partial charge in [0.1, 0.15) is 0 Å². The van der Waals surface area contributed by atoms with E-state index in [-0.39, 0.29) is 6.03 Å². The number of sulfonamides is 1. The molecule has 0 bridgehead atoms. The molecule has 1 aromatic carbocycles. The molecular weight excluding hydrogens is 603 g/mol. The van der Waals surface area contributed by atoms with Crippen LogP contribution in [0, 0.1) is 0 Å². The molecule has 44 heavy (non-hydrogen) atoms. The van der Waals surface area contributed by atoms with Gasteiger partial charge in [-0.15, -0.1) is 11.3 Å². The van der Waals surface area contributed by atoms with Crippen molar-refractivity contribution in [3.8, 4) is 22.1 Å². The first kappa shape index (κ1) is 30.0. The number of carbonyl (C=O) groups excluding carboxylic acids is 1. The van der Waals surface area contributed by atoms with E-state index in [1.807, 2.05) is 30.3 Å². The van der Waals surface area contributed by atoms with Crippen LogP contribution in [-0.2, 0) is 21.3 Å². The third-order valence-corrected chi connectivity index (χ3v) is 9.67. The summed E-state index contributed by atoms with van der Waals surface area (Å²) in [5.41, 5.74) is 2.02. The zero-order chi connectivity index (χ0) is 30.5. The fraction of sp³-hybridized carbons (Fsp3) is 0.345. The second-order valence-corrected chi connectivity index (χ2v) is 13.6. The van der Waals surface area contributed by atoms with Gasteiger partial charge in [0.2, 0.25) is 16.0 Å². The van der Waals surface area contributed by atoms with E-state index in [0.29, 0.717) is 81.5 Å². The standard InChI is InChI=1S/C29H33N9O4S2/c1-44(40,41)38-13-11-36(12-14-38)20-24-8-9-25(43-24)27-33-26(34-28(35-27)37-15-17-42-18-16-37)21-4-6-22(7-5-21)31-29(39)32-23-3-2-10-30-19-23/h2-10,19H,11-18,20H2,1H3,(H2,31,32,39). The summed E-state index contributed by atoms with van der Waals surface area (Å²) in [5, 5.41) is 5.58. The Labute approximate surface area is 260 Å². The molecule has 0 spiro atoms. The van der Waals surface area contributed by atoms with Crippen molar-refractivity contribution >= 4 is 44.7 Å². The molecule has 2 amide bonds. The fourth-order valence-electron chi connectivity index (χ4n) is 4.96. The van der Waals surface area contributed by atoms with Crippen molar-refractivity contribution in [3.63, 3.8) is 0 Å². The van der Waals surface area contributed by atoms with Crippen molar-refractivity contribution in [1.82, 2.24) is 29.1 Å². The maximum Gasteiger partial charge on any atom is 0.323 e. The summed E-state index contributed by atoms with van der Waals surface area (Å²) >= 11 is 1.63. The molecule has 3 aromatic heterocycles. The number of amides is 2. The molecule has 2 aliphatic rings. The van der Waals surface area contributed by atoms with Crippen molar-refractivity contribution in [2.75, 3.05) is 74.3 Å². The van der Waals surface area contributed by atoms with E-state index in [4.69, 9.17) is 19.7 Å². The van der Waals surface area contributed by atoms with Gasteiger partial charge in [-0.3, -0.25) is 9.88 Å². The van der Waals surface area contributed by atoms with E-state index >= 15 is 0 Å². The number of carbonyl (C=O) groups is 1. The molecule has 2 N–H and O–H groups in total. The van der Waals surface area contributed by atoms with E-state index in [1.54, 1.807) is 35.9 Å². The van der Waals surface area contributed by atoms with Crippen LogP contribution in [0.4, 0.5) is 22.1 Å². The quantitative estimate of drug-likeness (QED) is 0.296. The average molecular weight is 636 g/mol. The van der Waals surface area contributed by atoms with Gasteiger partial charge in [0, 0.05) is 68.1 Å². The molecule has 2 fully saturated rings. The van der Waals surface area contributed by atoms with Gasteiger partial charge in [0.05, 0.1) is 36.2 Å². The summed E-state index contributed by atoms with van der Waals surface area (Å²) < 4.78 is 30.8. The summed E-state index contributed by atoms with van der Waals surface area (Å²) in [5.74, 6) is 1.72. The second-order valence-electron chi connectivity index (χ2n) is 10.5. The molecule has 13 nitrogen and oxygen atoms in total. The summed E-state index contributed by atoms with van der Waals surface area (Å²) in [4.78, 5) is 37.4. The van der Waals surface area contributed by atoms with E-state index < -0.39 is 10.0 Å². The van der Waals surface area contributed by atoms with Crippen molar-refractivity contribution in [1.29, 1.82) is 0 Å². The number of hydrogen-bond acceptors (Lipinski definition) is 11. The third-order valence-electron chi connectivity index (χ3n) is 7.30. The lowest BCUT2D eigenvalue weighted by Gasteiger charge is -2.32. The summed E-state index contributed by atoms with van der Waals surface area (Å²) in [6.07, 6.45) is 4.48. The summed E-state index contributed by atoms with van der Waals surface area (Å²) in [6, 6.07) is 14.6. The molecule has 0 radical (unpaired) electrons. The minimum atomic E-state index is -3.16. The van der Waals surface area contributed by atoms with Gasteiger partial charge in [-0.2, -0.15) is 14.3 Å². The Morgan fingerprint density at radius 3 is 2.32 bits per heavy atom. The molecule has 230 valence electrons. The molecule has 0 atom stereocenters. The Bertz CT molecular complexity index is 1690. The third kappa shape index (κ3) is 7.54. The Hall–Kier alpha value is -4.02. The predicted octanol–water partition coefficient (Wildman–Crippen LogP) is 3.22. The number of hydrogen-bond donors (Lipinski definition) is 2. The first-order valence-electron chi connectivity index (χ1n) is 14.2. The lowest BCUT2D eigenvalue weighted by atomic mass is 10.2. The minimum Gasteiger partial charge on any atom is -0.378 e. The SMILES string of the molecule is CS(=O)(=O)N1CCN(Cc2ccc(-c3nc(-c4ccc(NC(=O)Nc5cccnc5)cc4)nc(N4CCOCC4)n3)s2)CC1. The van der Waals surface area contributed by atoms with E-state index in [1.165, 1.54) is 10.6 Å². The van der Waals surface area contributed by atoms with Crippen LogP contribution in [0.25, 0.3) is 22.1 Å². The van der Waals surface area contributed by atoms with Gasteiger partial charge in [-0.05, 0) is 48.5 Å². The number of anilines is 3. The Kier molecular flexibility index (Phi) is 9.09. The summed E-state index contributed by atoms with van der Waals surface area (Å²) in [7, 11) is -3.16. The number of rotatable bonds is 8. The van der Waals surface area contributed by atoms with E-state index in [0.717, 1.165) is 21.9 Å². The number of piperazine rings is 1. The first-order valence-corrected chi connectivity index (χ1v) is 16.9. The maximum absolute atomic E-state index is 12.4. The van der Waals surface area contributed by atoms with Crippen LogP contribution in [0.15, 0.2) is 60.9 Å². The number of pyridine rings is 1. The van der Waals surface area contributed by atoms with Crippen molar-refractivity contribution in [2.24, 2.45) is 0 Å². The van der Waals surface area contributed by atoms with Gasteiger partial charge >= 0.3 is 6.03 Å². The highest BCUT2D eigenvalue weighted by Crippen LogP contribution is 2.30. The first-order chi connectivity index (χ1) is 21.3. The Morgan fingerprint density at radius 1 is 0.886 bits per heavy atom. The molecule has 4 aromatic rings. The Morgan fingerprint density at radius 2 is 1.61 bits per heavy atom. The normalized spacial score (nSPS) is 16.5. The lowest BCUT2D eigenvalue weighted by Crippen LogP contribution is -2.47. The molecule has 0 unspecified atom stereocenters. The van der Waals surface area contributed by atoms with Crippen LogP contribution in [0.3, 0.4) is 0 Å². The number of nitrogens with one attached hydrogen (secondary N) is 2. The average Bonchev–Trinajstić information content (AvgIpc) is 3.50. The smallest absolute Gasteiger partial charge is 0.323 e. The highest BCUT2D eigenvalue weighted by Gasteiger charge is 2.24. The highest BCUT2D eigenvalue weighted by atomic mass is 32.2. The van der Waals surface area contributed by atoms with Crippen LogP contribution in [0.1, 0.15) is 4.88 Å². The van der Waals surface area contributed by atoms with E-state index in [2.05, 4.69) is 31.5 Å². The van der Waals surface area contributed by atoms with Crippen LogP contribution in [0.2, 0.25) is 0 Å².